The van der Waals surface area contributed by atoms with Crippen LogP contribution in [0.25, 0.3) is 0 Å². The van der Waals surface area contributed by atoms with Crippen molar-refractivity contribution >= 4 is 11.8 Å². The Kier molecular flexibility index (Phi) is 5.58. The number of hydrogen-bond acceptors (Lipinski definition) is 2. The van der Waals surface area contributed by atoms with Crippen molar-refractivity contribution in [3.8, 4) is 0 Å². The molecule has 2 amide bonds. The Labute approximate surface area is 132 Å². The predicted octanol–water partition coefficient (Wildman–Crippen LogP) is 2.20. The van der Waals surface area contributed by atoms with Gasteiger partial charge in [-0.05, 0) is 43.7 Å². The summed E-state index contributed by atoms with van der Waals surface area (Å²) in [4.78, 5) is 23.6. The van der Waals surface area contributed by atoms with E-state index >= 15 is 0 Å². The first-order valence-corrected chi connectivity index (χ1v) is 8.09. The van der Waals surface area contributed by atoms with Gasteiger partial charge in [-0.25, -0.2) is 0 Å². The lowest BCUT2D eigenvalue weighted by Crippen LogP contribution is -2.37. The number of benzene rings is 1. The monoisotopic (exact) mass is 302 g/mol. The van der Waals surface area contributed by atoms with E-state index in [-0.39, 0.29) is 23.8 Å². The quantitative estimate of drug-likeness (QED) is 0.811. The van der Waals surface area contributed by atoms with E-state index in [0.717, 1.165) is 12.8 Å². The normalized spacial score (nSPS) is 21.0. The highest BCUT2D eigenvalue weighted by Gasteiger charge is 2.38. The molecule has 0 radical (unpaired) electrons. The maximum Gasteiger partial charge on any atom is 0.223 e. The molecule has 1 aliphatic carbocycles. The van der Waals surface area contributed by atoms with Gasteiger partial charge in [0.25, 0.3) is 0 Å². The topological polar surface area (TPSA) is 58.2 Å². The lowest BCUT2D eigenvalue weighted by atomic mass is 10.0. The van der Waals surface area contributed by atoms with Gasteiger partial charge in [-0.2, -0.15) is 0 Å². The highest BCUT2D eigenvalue weighted by atomic mass is 16.2. The van der Waals surface area contributed by atoms with Crippen molar-refractivity contribution in [2.75, 3.05) is 6.54 Å². The van der Waals surface area contributed by atoms with E-state index in [2.05, 4.69) is 36.6 Å². The van der Waals surface area contributed by atoms with Crippen LogP contribution in [0.2, 0.25) is 0 Å². The molecule has 2 rings (SSSR count). The number of nitrogens with one attached hydrogen (secondary N) is 2. The van der Waals surface area contributed by atoms with Crippen molar-refractivity contribution in [1.29, 1.82) is 0 Å². The summed E-state index contributed by atoms with van der Waals surface area (Å²) in [6.45, 7) is 6.59. The SMILES string of the molecule is Cc1ccccc1C[C@H](C)NC(=O)CCNC(=O)[C@H]1C[C@@H]1C. The minimum absolute atomic E-state index is 0.00905. The summed E-state index contributed by atoms with van der Waals surface area (Å²) in [7, 11) is 0. The van der Waals surface area contributed by atoms with Crippen LogP contribution in [0.1, 0.15) is 37.8 Å². The molecule has 2 N–H and O–H groups in total. The molecule has 3 atom stereocenters. The number of carbonyl (C=O) groups excluding carboxylic acids is 2. The third-order valence-electron chi connectivity index (χ3n) is 4.29. The number of aryl methyl sites for hydroxylation is 1. The molecule has 0 spiro atoms. The van der Waals surface area contributed by atoms with E-state index in [0.29, 0.717) is 18.9 Å². The highest BCUT2D eigenvalue weighted by Crippen LogP contribution is 2.37. The number of amides is 2. The van der Waals surface area contributed by atoms with Crippen LogP contribution in [0, 0.1) is 18.8 Å². The summed E-state index contributed by atoms with van der Waals surface area (Å²) in [5, 5.41) is 5.83. The molecule has 1 fully saturated rings. The van der Waals surface area contributed by atoms with Gasteiger partial charge in [-0.15, -0.1) is 0 Å². The lowest BCUT2D eigenvalue weighted by Gasteiger charge is -2.15. The maximum absolute atomic E-state index is 11.9. The summed E-state index contributed by atoms with van der Waals surface area (Å²) < 4.78 is 0. The van der Waals surface area contributed by atoms with Gasteiger partial charge in [0, 0.05) is 24.9 Å². The molecule has 0 unspecified atom stereocenters. The third-order valence-corrected chi connectivity index (χ3v) is 4.29. The number of hydrogen-bond donors (Lipinski definition) is 2. The first kappa shape index (κ1) is 16.5. The van der Waals surface area contributed by atoms with Gasteiger partial charge in [0.05, 0.1) is 0 Å². The van der Waals surface area contributed by atoms with Crippen molar-refractivity contribution in [3.05, 3.63) is 35.4 Å². The fourth-order valence-electron chi connectivity index (χ4n) is 2.68. The van der Waals surface area contributed by atoms with Gasteiger partial charge in [-0.1, -0.05) is 31.2 Å². The zero-order valence-electron chi connectivity index (χ0n) is 13.7. The zero-order valence-corrected chi connectivity index (χ0v) is 13.7. The second-order valence-electron chi connectivity index (χ2n) is 6.46. The molecule has 1 aromatic carbocycles. The Balaban J connectivity index is 1.66. The van der Waals surface area contributed by atoms with E-state index in [9.17, 15) is 9.59 Å². The molecule has 0 aromatic heterocycles. The van der Waals surface area contributed by atoms with Crippen molar-refractivity contribution in [2.24, 2.45) is 11.8 Å². The smallest absolute Gasteiger partial charge is 0.223 e. The molecule has 0 heterocycles. The Hall–Kier alpha value is -1.84. The van der Waals surface area contributed by atoms with Crippen LogP contribution in [0.3, 0.4) is 0 Å². The first-order valence-electron chi connectivity index (χ1n) is 8.09. The summed E-state index contributed by atoms with van der Waals surface area (Å²) in [5.74, 6) is 0.754. The summed E-state index contributed by atoms with van der Waals surface area (Å²) in [6, 6.07) is 8.30. The van der Waals surface area contributed by atoms with Gasteiger partial charge in [0.15, 0.2) is 0 Å². The van der Waals surface area contributed by atoms with Crippen molar-refractivity contribution in [3.63, 3.8) is 0 Å². The molecular weight excluding hydrogens is 276 g/mol. The van der Waals surface area contributed by atoms with Gasteiger partial charge in [-0.3, -0.25) is 9.59 Å². The summed E-state index contributed by atoms with van der Waals surface area (Å²) in [5.41, 5.74) is 2.50. The predicted molar refractivity (Wildman–Crippen MR) is 87.4 cm³/mol. The molecule has 0 bridgehead atoms. The van der Waals surface area contributed by atoms with Crippen LogP contribution in [-0.2, 0) is 16.0 Å². The average molecular weight is 302 g/mol. The summed E-state index contributed by atoms with van der Waals surface area (Å²) >= 11 is 0. The van der Waals surface area contributed by atoms with Crippen molar-refractivity contribution in [2.45, 2.75) is 46.1 Å². The van der Waals surface area contributed by atoms with Crippen LogP contribution in [0.15, 0.2) is 24.3 Å². The lowest BCUT2D eigenvalue weighted by molar-refractivity contribution is -0.123. The van der Waals surface area contributed by atoms with Gasteiger partial charge >= 0.3 is 0 Å². The highest BCUT2D eigenvalue weighted by molar-refractivity contribution is 5.82. The molecule has 4 heteroatoms. The van der Waals surface area contributed by atoms with Crippen LogP contribution >= 0.6 is 0 Å². The third kappa shape index (κ3) is 4.86. The van der Waals surface area contributed by atoms with E-state index in [1.54, 1.807) is 0 Å². The van der Waals surface area contributed by atoms with Crippen LogP contribution in [0.5, 0.6) is 0 Å². The van der Waals surface area contributed by atoms with E-state index in [1.165, 1.54) is 11.1 Å². The van der Waals surface area contributed by atoms with Crippen LogP contribution in [0.4, 0.5) is 0 Å². The Morgan fingerprint density at radius 1 is 1.32 bits per heavy atom. The first-order chi connectivity index (χ1) is 10.5. The van der Waals surface area contributed by atoms with Crippen molar-refractivity contribution in [1.82, 2.24) is 10.6 Å². The Bertz CT molecular complexity index is 542. The minimum Gasteiger partial charge on any atom is -0.355 e. The molecule has 0 aliphatic heterocycles. The van der Waals surface area contributed by atoms with Gasteiger partial charge in [0.2, 0.25) is 11.8 Å². The van der Waals surface area contributed by atoms with E-state index in [1.807, 2.05) is 19.1 Å². The molecule has 0 saturated heterocycles. The molecular formula is C18H26N2O2. The standard InChI is InChI=1S/C18H26N2O2/c1-12-6-4-5-7-15(12)11-14(3)20-17(21)8-9-19-18(22)16-10-13(16)2/h4-7,13-14,16H,8-11H2,1-3H3,(H,19,22)(H,20,21)/t13-,14-,16-/m0/s1. The second kappa shape index (κ2) is 7.43. The maximum atomic E-state index is 11.9. The summed E-state index contributed by atoms with van der Waals surface area (Å²) in [6.07, 6.45) is 2.14. The molecule has 1 aromatic rings. The number of rotatable bonds is 7. The van der Waals surface area contributed by atoms with E-state index in [4.69, 9.17) is 0 Å². The largest absolute Gasteiger partial charge is 0.355 e. The zero-order chi connectivity index (χ0) is 16.1. The number of carbonyl (C=O) groups is 2. The molecule has 1 saturated carbocycles. The average Bonchev–Trinajstić information content (AvgIpc) is 3.18. The van der Waals surface area contributed by atoms with Gasteiger partial charge < -0.3 is 10.6 Å². The van der Waals surface area contributed by atoms with E-state index < -0.39 is 0 Å². The van der Waals surface area contributed by atoms with Crippen LogP contribution in [-0.4, -0.2) is 24.4 Å². The molecule has 120 valence electrons. The fourth-order valence-corrected chi connectivity index (χ4v) is 2.68. The fraction of sp³-hybridized carbons (Fsp3) is 0.556. The molecule has 22 heavy (non-hydrogen) atoms. The minimum atomic E-state index is -0.00905. The Morgan fingerprint density at radius 3 is 2.64 bits per heavy atom. The van der Waals surface area contributed by atoms with Gasteiger partial charge in [0.1, 0.15) is 0 Å². The van der Waals surface area contributed by atoms with Crippen LogP contribution < -0.4 is 10.6 Å². The second-order valence-corrected chi connectivity index (χ2v) is 6.46. The molecule has 4 nitrogen and oxygen atoms in total. The Morgan fingerprint density at radius 2 is 2.00 bits per heavy atom. The van der Waals surface area contributed by atoms with Crippen molar-refractivity contribution < 1.29 is 9.59 Å². The molecule has 1 aliphatic rings.